The van der Waals surface area contributed by atoms with E-state index in [-0.39, 0.29) is 0 Å². The van der Waals surface area contributed by atoms with Gasteiger partial charge in [-0.05, 0) is 45.4 Å². The van der Waals surface area contributed by atoms with Crippen molar-refractivity contribution in [2.24, 2.45) is 0 Å². The maximum atomic E-state index is 5.86. The van der Waals surface area contributed by atoms with Gasteiger partial charge in [-0.2, -0.15) is 0 Å². The normalized spacial score (nSPS) is 37.1. The van der Waals surface area contributed by atoms with Crippen molar-refractivity contribution in [1.29, 1.82) is 0 Å². The highest BCUT2D eigenvalue weighted by atomic mass is 16.5. The highest BCUT2D eigenvalue weighted by molar-refractivity contribution is 5.04. The van der Waals surface area contributed by atoms with Gasteiger partial charge >= 0.3 is 0 Å². The Kier molecular flexibility index (Phi) is 4.92. The fraction of sp³-hybridized carbons (Fsp3) is 1.00. The Morgan fingerprint density at radius 2 is 2.00 bits per heavy atom. The summed E-state index contributed by atoms with van der Waals surface area (Å²) in [5, 5.41) is 3.89. The average molecular weight is 294 g/mol. The molecular formula is C18H34N2O. The molecule has 1 spiro atoms. The van der Waals surface area contributed by atoms with Crippen molar-refractivity contribution < 1.29 is 4.74 Å². The van der Waals surface area contributed by atoms with Gasteiger partial charge in [0.2, 0.25) is 0 Å². The van der Waals surface area contributed by atoms with E-state index < -0.39 is 0 Å². The quantitative estimate of drug-likeness (QED) is 0.861. The predicted octanol–water partition coefficient (Wildman–Crippen LogP) is 3.33. The van der Waals surface area contributed by atoms with Gasteiger partial charge < -0.3 is 10.1 Å². The Morgan fingerprint density at radius 1 is 1.19 bits per heavy atom. The molecule has 3 fully saturated rings. The van der Waals surface area contributed by atoms with Crippen LogP contribution in [0, 0.1) is 0 Å². The number of nitrogens with one attached hydrogen (secondary N) is 1. The van der Waals surface area contributed by atoms with Crippen LogP contribution >= 0.6 is 0 Å². The molecule has 122 valence electrons. The van der Waals surface area contributed by atoms with Gasteiger partial charge in [0.15, 0.2) is 0 Å². The van der Waals surface area contributed by atoms with E-state index >= 15 is 0 Å². The average Bonchev–Trinajstić information content (AvgIpc) is 3.03. The first-order chi connectivity index (χ1) is 10.2. The topological polar surface area (TPSA) is 24.5 Å². The zero-order chi connectivity index (χ0) is 14.8. The second kappa shape index (κ2) is 6.55. The molecule has 21 heavy (non-hydrogen) atoms. The molecule has 2 atom stereocenters. The van der Waals surface area contributed by atoms with Gasteiger partial charge in [0.05, 0.1) is 6.10 Å². The fourth-order valence-corrected chi connectivity index (χ4v) is 4.56. The van der Waals surface area contributed by atoms with E-state index in [9.17, 15) is 0 Å². The molecule has 0 radical (unpaired) electrons. The molecule has 0 bridgehead atoms. The van der Waals surface area contributed by atoms with Gasteiger partial charge in [0.25, 0.3) is 0 Å². The molecule has 1 aliphatic carbocycles. The first kappa shape index (κ1) is 15.8. The van der Waals surface area contributed by atoms with Crippen molar-refractivity contribution in [1.82, 2.24) is 10.2 Å². The third-order valence-electron chi connectivity index (χ3n) is 6.36. The van der Waals surface area contributed by atoms with Crippen molar-refractivity contribution >= 4 is 0 Å². The van der Waals surface area contributed by atoms with E-state index in [0.29, 0.717) is 17.2 Å². The smallest absolute Gasteiger partial charge is 0.0588 e. The van der Waals surface area contributed by atoms with E-state index in [0.717, 1.165) is 6.61 Å². The summed E-state index contributed by atoms with van der Waals surface area (Å²) in [6, 6.07) is 0. The Morgan fingerprint density at radius 3 is 2.67 bits per heavy atom. The van der Waals surface area contributed by atoms with Gasteiger partial charge in [-0.15, -0.1) is 0 Å². The van der Waals surface area contributed by atoms with Crippen molar-refractivity contribution in [2.75, 3.05) is 26.2 Å². The lowest BCUT2D eigenvalue weighted by molar-refractivity contribution is -0.0250. The molecule has 3 heteroatoms. The molecule has 3 nitrogen and oxygen atoms in total. The fourth-order valence-electron chi connectivity index (χ4n) is 4.56. The van der Waals surface area contributed by atoms with Crippen LogP contribution in [-0.4, -0.2) is 48.3 Å². The molecule has 0 amide bonds. The molecule has 1 saturated carbocycles. The number of piperazine rings is 1. The lowest BCUT2D eigenvalue weighted by Gasteiger charge is -2.55. The van der Waals surface area contributed by atoms with E-state index in [4.69, 9.17) is 4.74 Å². The molecule has 2 saturated heterocycles. The molecular weight excluding hydrogens is 260 g/mol. The van der Waals surface area contributed by atoms with Crippen molar-refractivity contribution in [3.63, 3.8) is 0 Å². The first-order valence-electron chi connectivity index (χ1n) is 9.28. The number of hydrogen-bond acceptors (Lipinski definition) is 3. The van der Waals surface area contributed by atoms with Crippen LogP contribution in [0.15, 0.2) is 0 Å². The maximum Gasteiger partial charge on any atom is 0.0588 e. The minimum Gasteiger partial charge on any atom is -0.378 e. The molecule has 3 rings (SSSR count). The van der Waals surface area contributed by atoms with Crippen LogP contribution in [0.2, 0.25) is 0 Å². The number of hydrogen-bond donors (Lipinski definition) is 1. The van der Waals surface area contributed by atoms with Crippen LogP contribution < -0.4 is 5.32 Å². The van der Waals surface area contributed by atoms with Crippen molar-refractivity contribution in [2.45, 2.75) is 88.8 Å². The summed E-state index contributed by atoms with van der Waals surface area (Å²) in [5.74, 6) is 0. The van der Waals surface area contributed by atoms with Crippen LogP contribution in [0.4, 0.5) is 0 Å². The van der Waals surface area contributed by atoms with Crippen LogP contribution in [-0.2, 0) is 4.74 Å². The predicted molar refractivity (Wildman–Crippen MR) is 87.7 cm³/mol. The molecule has 0 aromatic rings. The summed E-state index contributed by atoms with van der Waals surface area (Å²) in [7, 11) is 0. The van der Waals surface area contributed by atoms with E-state index in [1.165, 1.54) is 77.4 Å². The van der Waals surface area contributed by atoms with Gasteiger partial charge in [0, 0.05) is 37.3 Å². The van der Waals surface area contributed by atoms with E-state index in [2.05, 4.69) is 24.1 Å². The van der Waals surface area contributed by atoms with Crippen molar-refractivity contribution in [3.8, 4) is 0 Å². The van der Waals surface area contributed by atoms with Crippen molar-refractivity contribution in [3.05, 3.63) is 0 Å². The molecule has 2 unspecified atom stereocenters. The van der Waals surface area contributed by atoms with Crippen LogP contribution in [0.3, 0.4) is 0 Å². The molecule has 0 aromatic heterocycles. The van der Waals surface area contributed by atoms with Crippen LogP contribution in [0.25, 0.3) is 0 Å². The summed E-state index contributed by atoms with van der Waals surface area (Å²) in [5.41, 5.74) is 0.755. The Labute approximate surface area is 130 Å². The Balaban J connectivity index is 1.66. The lowest BCUT2D eigenvalue weighted by Crippen LogP contribution is -2.69. The summed E-state index contributed by atoms with van der Waals surface area (Å²) >= 11 is 0. The zero-order valence-electron chi connectivity index (χ0n) is 14.1. The zero-order valence-corrected chi connectivity index (χ0v) is 14.1. The third kappa shape index (κ3) is 3.46. The third-order valence-corrected chi connectivity index (χ3v) is 6.36. The summed E-state index contributed by atoms with van der Waals surface area (Å²) in [4.78, 5) is 2.86. The maximum absolute atomic E-state index is 5.86. The second-order valence-electron chi connectivity index (χ2n) is 7.90. The summed E-state index contributed by atoms with van der Waals surface area (Å²) in [6.45, 7) is 9.37. The van der Waals surface area contributed by atoms with Gasteiger partial charge in [-0.25, -0.2) is 0 Å². The first-order valence-corrected chi connectivity index (χ1v) is 9.28. The van der Waals surface area contributed by atoms with Gasteiger partial charge in [-0.3, -0.25) is 4.90 Å². The number of nitrogens with zero attached hydrogens (tertiary/aromatic N) is 1. The minimum absolute atomic E-state index is 0.305. The molecule has 3 aliphatic rings. The number of rotatable bonds is 4. The Bertz CT molecular complexity index is 334. The molecule has 2 heterocycles. The van der Waals surface area contributed by atoms with Gasteiger partial charge in [0.1, 0.15) is 0 Å². The Hall–Kier alpha value is -0.120. The lowest BCUT2D eigenvalue weighted by atomic mass is 9.76. The second-order valence-corrected chi connectivity index (χ2v) is 7.90. The van der Waals surface area contributed by atoms with Crippen LogP contribution in [0.1, 0.15) is 71.6 Å². The standard InChI is InChI=1S/C18H34N2O/c1-3-17(2)15-20(12-9-16-8-7-13-21-16)18(14-19-17)10-5-4-6-11-18/h16,19H,3-15H2,1-2H3. The monoisotopic (exact) mass is 294 g/mol. The SMILES string of the molecule is CCC1(C)CN(CCC2CCCO2)C2(CCCCC2)CN1. The highest BCUT2D eigenvalue weighted by Crippen LogP contribution is 2.38. The molecule has 2 aliphatic heterocycles. The minimum atomic E-state index is 0.305. The summed E-state index contributed by atoms with van der Waals surface area (Å²) < 4.78 is 5.86. The van der Waals surface area contributed by atoms with E-state index in [1.54, 1.807) is 0 Å². The van der Waals surface area contributed by atoms with E-state index in [1.807, 2.05) is 0 Å². The van der Waals surface area contributed by atoms with Gasteiger partial charge in [-0.1, -0.05) is 26.2 Å². The molecule has 0 aromatic carbocycles. The van der Waals surface area contributed by atoms with Crippen LogP contribution in [0.5, 0.6) is 0 Å². The summed E-state index contributed by atoms with van der Waals surface area (Å²) in [6.07, 6.45) is 12.6. The largest absolute Gasteiger partial charge is 0.378 e. The molecule has 1 N–H and O–H groups in total. The number of ether oxygens (including phenoxy) is 1. The highest BCUT2D eigenvalue weighted by Gasteiger charge is 2.45.